The van der Waals surface area contributed by atoms with Gasteiger partial charge < -0.3 is 10.2 Å². The molecule has 0 aromatic heterocycles. The molecule has 1 aromatic rings. The van der Waals surface area contributed by atoms with E-state index in [0.717, 1.165) is 54.5 Å². The molecule has 4 nitrogen and oxygen atoms in total. The molecule has 2 rings (SSSR count). The second kappa shape index (κ2) is 16.2. The highest BCUT2D eigenvalue weighted by atomic mass is 15.1. The van der Waals surface area contributed by atoms with Crippen molar-refractivity contribution >= 4 is 23.8 Å². The quantitative estimate of drug-likeness (QED) is 0.141. The number of benzene rings is 1. The second-order valence-corrected chi connectivity index (χ2v) is 9.32. The maximum absolute atomic E-state index is 4.65. The fraction of sp³-hybridized carbons (Fsp3) is 0.533. The molecule has 1 N–H and O–H groups in total. The summed E-state index contributed by atoms with van der Waals surface area (Å²) in [4.78, 5) is 11.3. The van der Waals surface area contributed by atoms with Crippen molar-refractivity contribution in [1.29, 1.82) is 0 Å². The molecule has 1 saturated carbocycles. The van der Waals surface area contributed by atoms with Crippen LogP contribution in [0.25, 0.3) is 6.08 Å². The lowest BCUT2D eigenvalue weighted by Gasteiger charge is -2.22. The van der Waals surface area contributed by atoms with E-state index in [2.05, 4.69) is 77.0 Å². The predicted molar refractivity (Wildman–Crippen MR) is 152 cm³/mol. The highest BCUT2D eigenvalue weighted by Gasteiger charge is 2.15. The van der Waals surface area contributed by atoms with E-state index in [9.17, 15) is 0 Å². The monoisotopic (exact) mass is 462 g/mol. The van der Waals surface area contributed by atoms with Crippen LogP contribution in [0.1, 0.15) is 77.7 Å². The van der Waals surface area contributed by atoms with Gasteiger partial charge in [-0.2, -0.15) is 0 Å². The Kier molecular flexibility index (Phi) is 13.2. The Hall–Kier alpha value is -2.46. The van der Waals surface area contributed by atoms with Crippen molar-refractivity contribution in [2.24, 2.45) is 15.9 Å². The third-order valence-electron chi connectivity index (χ3n) is 6.62. The van der Waals surface area contributed by atoms with Gasteiger partial charge in [0.1, 0.15) is 5.84 Å². The van der Waals surface area contributed by atoms with Gasteiger partial charge in [-0.1, -0.05) is 76.8 Å². The Labute approximate surface area is 208 Å². The number of hydrogen-bond acceptors (Lipinski definition) is 3. The van der Waals surface area contributed by atoms with Gasteiger partial charge in [0.15, 0.2) is 0 Å². The normalized spacial score (nSPS) is 16.1. The molecule has 34 heavy (non-hydrogen) atoms. The van der Waals surface area contributed by atoms with Crippen molar-refractivity contribution in [3.8, 4) is 0 Å². The lowest BCUT2D eigenvalue weighted by molar-refractivity contribution is 0.301. The van der Waals surface area contributed by atoms with Gasteiger partial charge in [0.05, 0.1) is 0 Å². The highest BCUT2D eigenvalue weighted by molar-refractivity contribution is 5.94. The molecule has 186 valence electrons. The van der Waals surface area contributed by atoms with Crippen molar-refractivity contribution in [1.82, 2.24) is 4.90 Å². The first kappa shape index (κ1) is 27.8. The van der Waals surface area contributed by atoms with Crippen LogP contribution in [0.5, 0.6) is 0 Å². The molecule has 1 fully saturated rings. The van der Waals surface area contributed by atoms with Crippen molar-refractivity contribution < 1.29 is 0 Å². The van der Waals surface area contributed by atoms with Gasteiger partial charge in [0.2, 0.25) is 0 Å². The van der Waals surface area contributed by atoms with Crippen LogP contribution in [0, 0.1) is 5.92 Å². The van der Waals surface area contributed by atoms with E-state index in [0.29, 0.717) is 0 Å². The summed E-state index contributed by atoms with van der Waals surface area (Å²) >= 11 is 0. The Balaban J connectivity index is 1.87. The smallest absolute Gasteiger partial charge is 0.103 e. The molecule has 1 aliphatic rings. The third-order valence-corrected chi connectivity index (χ3v) is 6.62. The number of rotatable bonds is 13. The lowest BCUT2D eigenvalue weighted by Crippen LogP contribution is -2.23. The maximum atomic E-state index is 4.65. The largest absolute Gasteiger partial charge is 0.344 e. The SMILES string of the molecule is C=C(CC1CCCCC1)/C(C=NC)=C\N=C(C)Nc1ccc(/C=C\CCCN(CC)CC)cc1. The van der Waals surface area contributed by atoms with Gasteiger partial charge in [0, 0.05) is 30.7 Å². The summed E-state index contributed by atoms with van der Waals surface area (Å²) in [6.45, 7) is 14.2. The van der Waals surface area contributed by atoms with E-state index in [4.69, 9.17) is 0 Å². The minimum Gasteiger partial charge on any atom is -0.344 e. The molecule has 0 saturated heterocycles. The van der Waals surface area contributed by atoms with Gasteiger partial charge >= 0.3 is 0 Å². The minimum atomic E-state index is 0.757. The summed E-state index contributed by atoms with van der Waals surface area (Å²) in [5.74, 6) is 1.61. The van der Waals surface area contributed by atoms with Crippen LogP contribution in [-0.2, 0) is 0 Å². The number of hydrogen-bond donors (Lipinski definition) is 1. The van der Waals surface area contributed by atoms with Crippen LogP contribution in [0.15, 0.2) is 64.3 Å². The van der Waals surface area contributed by atoms with Crippen molar-refractivity contribution in [3.05, 3.63) is 59.8 Å². The molecule has 0 spiro atoms. The number of unbranched alkanes of at least 4 members (excludes halogenated alkanes) is 1. The number of allylic oxidation sites excluding steroid dienone is 3. The van der Waals surface area contributed by atoms with Crippen LogP contribution in [0.4, 0.5) is 5.69 Å². The average molecular weight is 463 g/mol. The lowest BCUT2D eigenvalue weighted by atomic mass is 9.84. The molecule has 0 unspecified atom stereocenters. The van der Waals surface area contributed by atoms with E-state index < -0.39 is 0 Å². The van der Waals surface area contributed by atoms with Gasteiger partial charge in [-0.25, -0.2) is 4.99 Å². The Morgan fingerprint density at radius 1 is 1.12 bits per heavy atom. The van der Waals surface area contributed by atoms with Gasteiger partial charge in [-0.05, 0) is 75.0 Å². The Morgan fingerprint density at radius 3 is 2.47 bits per heavy atom. The summed E-state index contributed by atoms with van der Waals surface area (Å²) in [7, 11) is 1.80. The number of aliphatic imine (C=N–C) groups is 2. The molecular formula is C30H46N4. The van der Waals surface area contributed by atoms with Crippen LogP contribution in [0.2, 0.25) is 0 Å². The number of nitrogens with one attached hydrogen (secondary N) is 1. The molecule has 0 radical (unpaired) electrons. The third kappa shape index (κ3) is 10.6. The molecule has 0 heterocycles. The fourth-order valence-corrected chi connectivity index (χ4v) is 4.49. The van der Waals surface area contributed by atoms with Gasteiger partial charge in [-0.3, -0.25) is 4.99 Å². The molecule has 0 aliphatic heterocycles. The Morgan fingerprint density at radius 2 is 1.82 bits per heavy atom. The first-order valence-electron chi connectivity index (χ1n) is 13.2. The molecule has 0 bridgehead atoms. The molecule has 1 aliphatic carbocycles. The molecule has 0 atom stereocenters. The first-order chi connectivity index (χ1) is 16.5. The zero-order chi connectivity index (χ0) is 24.6. The molecule has 4 heteroatoms. The van der Waals surface area contributed by atoms with E-state index in [-0.39, 0.29) is 0 Å². The summed E-state index contributed by atoms with van der Waals surface area (Å²) in [5.41, 5.74) is 4.43. The first-order valence-corrected chi connectivity index (χ1v) is 13.2. The van der Waals surface area contributed by atoms with Crippen LogP contribution < -0.4 is 5.32 Å². The van der Waals surface area contributed by atoms with Crippen LogP contribution in [0.3, 0.4) is 0 Å². The van der Waals surface area contributed by atoms with E-state index in [1.54, 1.807) is 7.05 Å². The summed E-state index contributed by atoms with van der Waals surface area (Å²) in [6.07, 6.45) is 18.4. The van der Waals surface area contributed by atoms with Crippen molar-refractivity contribution in [2.45, 2.75) is 72.1 Å². The van der Waals surface area contributed by atoms with Gasteiger partial charge in [-0.15, -0.1) is 0 Å². The number of anilines is 1. The molecule has 1 aromatic carbocycles. The van der Waals surface area contributed by atoms with Crippen molar-refractivity contribution in [2.75, 3.05) is 32.0 Å². The summed E-state index contributed by atoms with van der Waals surface area (Å²) in [6, 6.07) is 8.50. The topological polar surface area (TPSA) is 40.0 Å². The summed E-state index contributed by atoms with van der Waals surface area (Å²) < 4.78 is 0. The fourth-order valence-electron chi connectivity index (χ4n) is 4.49. The zero-order valence-corrected chi connectivity index (χ0v) is 22.0. The second-order valence-electron chi connectivity index (χ2n) is 9.32. The standard InChI is InChI=1S/C30H46N4/c1-6-34(7-2)21-13-9-12-14-27-17-19-30(20-18-27)33-26(4)32-24-29(23-31-5)25(3)22-28-15-10-8-11-16-28/h12,14,17-20,23-24,28H,3,6-11,13,15-16,21-22H2,1-2,4-5H3,(H,32,33)/b14-12-,29-24-,31-23?. The maximum Gasteiger partial charge on any atom is 0.103 e. The highest BCUT2D eigenvalue weighted by Crippen LogP contribution is 2.30. The number of nitrogens with zero attached hydrogens (tertiary/aromatic N) is 3. The molecular weight excluding hydrogens is 416 g/mol. The van der Waals surface area contributed by atoms with Gasteiger partial charge in [0.25, 0.3) is 0 Å². The van der Waals surface area contributed by atoms with Crippen molar-refractivity contribution in [3.63, 3.8) is 0 Å². The van der Waals surface area contributed by atoms with E-state index in [1.165, 1.54) is 50.6 Å². The minimum absolute atomic E-state index is 0.757. The van der Waals surface area contributed by atoms with E-state index >= 15 is 0 Å². The van der Waals surface area contributed by atoms with Crippen LogP contribution in [-0.4, -0.2) is 43.6 Å². The van der Waals surface area contributed by atoms with E-state index in [1.807, 2.05) is 19.3 Å². The predicted octanol–water partition coefficient (Wildman–Crippen LogP) is 7.76. The molecule has 0 amide bonds. The number of amidine groups is 1. The average Bonchev–Trinajstić information content (AvgIpc) is 2.85. The van der Waals surface area contributed by atoms with Crippen LogP contribution >= 0.6 is 0 Å². The zero-order valence-electron chi connectivity index (χ0n) is 22.0. The summed E-state index contributed by atoms with van der Waals surface area (Å²) in [5, 5.41) is 3.39. The Bertz CT molecular complexity index is 835.